The Labute approximate surface area is 180 Å². The zero-order valence-corrected chi connectivity index (χ0v) is 18.9. The minimum absolute atomic E-state index is 0.0882. The number of aryl methyl sites for hydroxylation is 3. The first-order valence-electron chi connectivity index (χ1n) is 10.4. The van der Waals surface area contributed by atoms with Crippen molar-refractivity contribution in [1.29, 1.82) is 0 Å². The van der Waals surface area contributed by atoms with Crippen LogP contribution in [0.5, 0.6) is 0 Å². The highest BCUT2D eigenvalue weighted by Gasteiger charge is 2.21. The fourth-order valence-corrected chi connectivity index (χ4v) is 4.73. The molecule has 1 aliphatic rings. The van der Waals surface area contributed by atoms with Crippen LogP contribution in [-0.4, -0.2) is 51.1 Å². The largest absolute Gasteiger partial charge is 0.351 e. The lowest BCUT2D eigenvalue weighted by Gasteiger charge is -2.20. The zero-order valence-electron chi connectivity index (χ0n) is 18.1. The number of hydrogen-bond acceptors (Lipinski definition) is 6. The number of aromatic nitrogens is 3. The molecule has 162 valence electrons. The van der Waals surface area contributed by atoms with Crippen molar-refractivity contribution in [3.63, 3.8) is 0 Å². The van der Waals surface area contributed by atoms with Crippen molar-refractivity contribution in [3.05, 3.63) is 32.2 Å². The van der Waals surface area contributed by atoms with Gasteiger partial charge in [0.2, 0.25) is 5.91 Å². The van der Waals surface area contributed by atoms with Crippen LogP contribution in [0.25, 0.3) is 10.6 Å². The Morgan fingerprint density at radius 2 is 1.73 bits per heavy atom. The summed E-state index contributed by atoms with van der Waals surface area (Å²) >= 11 is 1.20. The third kappa shape index (κ3) is 4.77. The Kier molecular flexibility index (Phi) is 7.02. The van der Waals surface area contributed by atoms with E-state index in [1.165, 1.54) is 28.9 Å². The molecule has 1 saturated heterocycles. The fourth-order valence-electron chi connectivity index (χ4n) is 3.66. The summed E-state index contributed by atoms with van der Waals surface area (Å²) in [6.45, 7) is 7.34. The Hall–Kier alpha value is -2.55. The fraction of sp³-hybridized carbons (Fsp3) is 0.571. The van der Waals surface area contributed by atoms with Gasteiger partial charge >= 0.3 is 0 Å². The van der Waals surface area contributed by atoms with E-state index in [2.05, 4.69) is 15.4 Å². The molecule has 0 saturated carbocycles. The first-order chi connectivity index (χ1) is 14.3. The van der Waals surface area contributed by atoms with Gasteiger partial charge in [0.05, 0.1) is 17.0 Å². The van der Waals surface area contributed by atoms with Crippen molar-refractivity contribution in [1.82, 2.24) is 25.0 Å². The molecule has 2 aromatic rings. The van der Waals surface area contributed by atoms with E-state index in [1.54, 1.807) is 14.0 Å². The molecule has 30 heavy (non-hydrogen) atoms. The van der Waals surface area contributed by atoms with E-state index in [4.69, 9.17) is 0 Å². The summed E-state index contributed by atoms with van der Waals surface area (Å²) in [5, 5.41) is 7.54. The van der Waals surface area contributed by atoms with Crippen molar-refractivity contribution < 1.29 is 9.59 Å². The van der Waals surface area contributed by atoms with Crippen LogP contribution in [-0.2, 0) is 11.8 Å². The number of hydrogen-bond donors (Lipinski definition) is 1. The highest BCUT2D eigenvalue weighted by molar-refractivity contribution is 7.17. The molecule has 0 bridgehead atoms. The average molecular weight is 432 g/mol. The molecule has 3 heterocycles. The van der Waals surface area contributed by atoms with Crippen LogP contribution in [0, 0.1) is 20.8 Å². The summed E-state index contributed by atoms with van der Waals surface area (Å²) in [6.07, 6.45) is 4.74. The van der Waals surface area contributed by atoms with E-state index >= 15 is 0 Å². The smallest absolute Gasteiger partial charge is 0.277 e. The average Bonchev–Trinajstić information content (AvgIpc) is 2.91. The van der Waals surface area contributed by atoms with Crippen LogP contribution in [0.4, 0.5) is 0 Å². The number of carbonyl (C=O) groups excluding carboxylic acids is 2. The van der Waals surface area contributed by atoms with Crippen molar-refractivity contribution in [2.24, 2.45) is 7.05 Å². The predicted molar refractivity (Wildman–Crippen MR) is 117 cm³/mol. The molecule has 1 aliphatic heterocycles. The molecule has 1 fully saturated rings. The maximum absolute atomic E-state index is 12.7. The monoisotopic (exact) mass is 431 g/mol. The highest BCUT2D eigenvalue weighted by Crippen LogP contribution is 2.28. The lowest BCUT2D eigenvalue weighted by Crippen LogP contribution is -2.35. The van der Waals surface area contributed by atoms with E-state index in [-0.39, 0.29) is 23.9 Å². The van der Waals surface area contributed by atoms with Crippen LogP contribution in [0.2, 0.25) is 0 Å². The van der Waals surface area contributed by atoms with Crippen LogP contribution in [0.3, 0.4) is 0 Å². The Bertz CT molecular complexity index is 1000. The summed E-state index contributed by atoms with van der Waals surface area (Å²) in [7, 11) is 1.60. The molecule has 0 aromatic carbocycles. The number of carbonyl (C=O) groups is 2. The maximum Gasteiger partial charge on any atom is 0.277 e. The van der Waals surface area contributed by atoms with Gasteiger partial charge in [0.25, 0.3) is 11.5 Å². The first kappa shape index (κ1) is 22.1. The molecule has 1 N–H and O–H groups in total. The van der Waals surface area contributed by atoms with Crippen molar-refractivity contribution in [2.45, 2.75) is 52.9 Å². The van der Waals surface area contributed by atoms with E-state index in [9.17, 15) is 14.4 Å². The summed E-state index contributed by atoms with van der Waals surface area (Å²) < 4.78 is 1.29. The highest BCUT2D eigenvalue weighted by atomic mass is 32.1. The van der Waals surface area contributed by atoms with Crippen LogP contribution in [0.15, 0.2) is 4.79 Å². The molecule has 0 atom stereocenters. The molecule has 2 amide bonds. The second-order valence-electron chi connectivity index (χ2n) is 7.75. The third-order valence-corrected chi connectivity index (χ3v) is 6.70. The number of nitrogens with zero attached hydrogens (tertiary/aromatic N) is 4. The minimum Gasteiger partial charge on any atom is -0.351 e. The van der Waals surface area contributed by atoms with E-state index in [0.717, 1.165) is 37.2 Å². The van der Waals surface area contributed by atoms with E-state index in [1.807, 2.05) is 18.7 Å². The van der Waals surface area contributed by atoms with Gasteiger partial charge < -0.3 is 10.2 Å². The third-order valence-electron chi connectivity index (χ3n) is 5.53. The molecular formula is C21H29N5O3S. The van der Waals surface area contributed by atoms with Gasteiger partial charge in [0, 0.05) is 33.1 Å². The van der Waals surface area contributed by atoms with Gasteiger partial charge in [0.1, 0.15) is 9.88 Å². The van der Waals surface area contributed by atoms with Gasteiger partial charge in [-0.1, -0.05) is 12.8 Å². The molecule has 8 nitrogen and oxygen atoms in total. The second kappa shape index (κ2) is 9.51. The number of thiazole rings is 1. The van der Waals surface area contributed by atoms with Gasteiger partial charge in [-0.2, -0.15) is 5.10 Å². The molecular weight excluding hydrogens is 402 g/mol. The summed E-state index contributed by atoms with van der Waals surface area (Å²) in [6, 6.07) is 0. The van der Waals surface area contributed by atoms with Crippen molar-refractivity contribution in [2.75, 3.05) is 19.6 Å². The topological polar surface area (TPSA) is 97.2 Å². The maximum atomic E-state index is 12.7. The SMILES string of the molecule is Cc1nc(-c2c(C)c(C)nn(C)c2=O)sc1C(=O)NCCC(=O)N1CCCCCC1. The van der Waals surface area contributed by atoms with Gasteiger partial charge in [-0.3, -0.25) is 14.4 Å². The summed E-state index contributed by atoms with van der Waals surface area (Å²) in [4.78, 5) is 44.5. The van der Waals surface area contributed by atoms with Gasteiger partial charge in [-0.05, 0) is 39.2 Å². The van der Waals surface area contributed by atoms with Gasteiger partial charge in [-0.25, -0.2) is 9.67 Å². The first-order valence-corrected chi connectivity index (χ1v) is 11.2. The van der Waals surface area contributed by atoms with Gasteiger partial charge in [-0.15, -0.1) is 11.3 Å². The molecule has 2 aromatic heterocycles. The molecule has 9 heteroatoms. The van der Waals surface area contributed by atoms with Crippen molar-refractivity contribution in [3.8, 4) is 10.6 Å². The Morgan fingerprint density at radius 1 is 1.07 bits per heavy atom. The molecule has 0 unspecified atom stereocenters. The van der Waals surface area contributed by atoms with Crippen LogP contribution < -0.4 is 10.9 Å². The standard InChI is InChI=1S/C21H29N5O3S/c1-13-14(2)24-25(4)21(29)17(13)20-23-15(3)18(30-20)19(28)22-10-9-16(27)26-11-7-5-6-8-12-26/h5-12H2,1-4H3,(H,22,28). The van der Waals surface area contributed by atoms with Gasteiger partial charge in [0.15, 0.2) is 0 Å². The van der Waals surface area contributed by atoms with E-state index < -0.39 is 0 Å². The van der Waals surface area contributed by atoms with Crippen molar-refractivity contribution >= 4 is 23.2 Å². The van der Waals surface area contributed by atoms with Crippen LogP contribution in [0.1, 0.15) is 58.7 Å². The normalized spacial score (nSPS) is 14.5. The number of nitrogens with one attached hydrogen (secondary N) is 1. The molecule has 3 rings (SSSR count). The van der Waals surface area contributed by atoms with Crippen LogP contribution >= 0.6 is 11.3 Å². The molecule has 0 spiro atoms. The zero-order chi connectivity index (χ0) is 21.8. The number of rotatable bonds is 5. The lowest BCUT2D eigenvalue weighted by molar-refractivity contribution is -0.131. The Morgan fingerprint density at radius 3 is 2.40 bits per heavy atom. The number of likely N-dealkylation sites (tertiary alicyclic amines) is 1. The number of amides is 2. The van der Waals surface area contributed by atoms with E-state index in [0.29, 0.717) is 27.6 Å². The lowest BCUT2D eigenvalue weighted by atomic mass is 10.1. The Balaban J connectivity index is 1.68. The minimum atomic E-state index is -0.264. The quantitative estimate of drug-likeness (QED) is 0.784. The molecule has 0 aliphatic carbocycles. The molecule has 0 radical (unpaired) electrons. The summed E-state index contributed by atoms with van der Waals surface area (Å²) in [5.74, 6) is -0.175. The summed E-state index contributed by atoms with van der Waals surface area (Å²) in [5.41, 5.74) is 2.33. The second-order valence-corrected chi connectivity index (χ2v) is 8.75. The predicted octanol–water partition coefficient (Wildman–Crippen LogP) is 2.35.